The lowest BCUT2D eigenvalue weighted by Crippen LogP contribution is -2.37. The first-order valence-corrected chi connectivity index (χ1v) is 12.7. The van der Waals surface area contributed by atoms with Crippen LogP contribution >= 0.6 is 0 Å². The number of likely N-dealkylation sites (tertiary alicyclic amines) is 1. The van der Waals surface area contributed by atoms with Gasteiger partial charge in [-0.3, -0.25) is 4.79 Å². The van der Waals surface area contributed by atoms with Crippen molar-refractivity contribution in [2.45, 2.75) is 38.6 Å². The molecule has 0 radical (unpaired) electrons. The number of rotatable bonds is 5. The Kier molecular flexibility index (Phi) is 6.48. The zero-order valence-electron chi connectivity index (χ0n) is 21.2. The van der Waals surface area contributed by atoms with Gasteiger partial charge in [0.1, 0.15) is 0 Å². The Hall–Kier alpha value is -3.37. The maximum Gasteiger partial charge on any atom is 0.256 e. The molecule has 1 aromatic heterocycles. The third-order valence-electron chi connectivity index (χ3n) is 7.51. The molecule has 1 saturated heterocycles. The lowest BCUT2D eigenvalue weighted by Gasteiger charge is -2.34. The Morgan fingerprint density at radius 1 is 0.829 bits per heavy atom. The first kappa shape index (κ1) is 23.4. The number of pyridine rings is 1. The van der Waals surface area contributed by atoms with Crippen LogP contribution in [0.5, 0.6) is 0 Å². The van der Waals surface area contributed by atoms with E-state index in [2.05, 4.69) is 65.0 Å². The summed E-state index contributed by atoms with van der Waals surface area (Å²) in [5, 5.41) is 1.04. The van der Waals surface area contributed by atoms with Crippen LogP contribution in [0.2, 0.25) is 0 Å². The molecule has 5 rings (SSSR count). The molecule has 0 bridgehead atoms. The highest BCUT2D eigenvalue weighted by molar-refractivity contribution is 5.87. The van der Waals surface area contributed by atoms with E-state index in [0.29, 0.717) is 17.5 Å². The zero-order valence-corrected chi connectivity index (χ0v) is 21.2. The van der Waals surface area contributed by atoms with Crippen molar-refractivity contribution >= 4 is 16.6 Å². The highest BCUT2D eigenvalue weighted by Gasteiger charge is 2.22. The molecule has 0 saturated carbocycles. The van der Waals surface area contributed by atoms with Crippen LogP contribution in [-0.2, 0) is 0 Å². The Morgan fingerprint density at radius 2 is 1.46 bits per heavy atom. The van der Waals surface area contributed by atoms with Crippen LogP contribution in [0.1, 0.15) is 38.2 Å². The number of benzene rings is 3. The summed E-state index contributed by atoms with van der Waals surface area (Å²) in [5.41, 5.74) is 7.36. The molecule has 1 aliphatic heterocycles. The van der Waals surface area contributed by atoms with Gasteiger partial charge < -0.3 is 14.8 Å². The molecule has 1 fully saturated rings. The average molecular weight is 466 g/mol. The third-order valence-corrected chi connectivity index (χ3v) is 7.51. The number of anilines is 1. The van der Waals surface area contributed by atoms with Crippen LogP contribution < -0.4 is 10.5 Å². The molecule has 2 heterocycles. The molecule has 1 aliphatic rings. The van der Waals surface area contributed by atoms with Crippen molar-refractivity contribution in [1.29, 1.82) is 0 Å². The molecule has 0 amide bonds. The molecule has 4 heteroatoms. The minimum Gasteiger partial charge on any atom is -0.378 e. The van der Waals surface area contributed by atoms with E-state index in [4.69, 9.17) is 0 Å². The molecule has 0 atom stereocenters. The number of nitrogens with one attached hydrogen (secondary N) is 1. The standard InChI is InChI=1S/C31H35N3O/c1-21(2)34-17-15-24(16-18-34)22-5-7-23(8-6-22)26-11-14-30-27(19-26)20-29(31(35)32-30)25-9-12-28(13-10-25)33(3)4/h5-14,19-21,24H,15-18H2,1-4H3,(H,32,35). The normalized spacial score (nSPS) is 15.1. The van der Waals surface area contributed by atoms with Crippen molar-refractivity contribution in [1.82, 2.24) is 9.88 Å². The van der Waals surface area contributed by atoms with Crippen LogP contribution in [0.15, 0.2) is 77.6 Å². The molecule has 180 valence electrons. The van der Waals surface area contributed by atoms with E-state index in [-0.39, 0.29) is 5.56 Å². The van der Waals surface area contributed by atoms with E-state index in [1.165, 1.54) is 42.6 Å². The molecule has 35 heavy (non-hydrogen) atoms. The summed E-state index contributed by atoms with van der Waals surface area (Å²) < 4.78 is 0. The lowest BCUT2D eigenvalue weighted by atomic mass is 9.88. The first-order valence-electron chi connectivity index (χ1n) is 12.7. The van der Waals surface area contributed by atoms with Crippen LogP contribution in [-0.4, -0.2) is 43.1 Å². The van der Waals surface area contributed by atoms with Gasteiger partial charge in [-0.05, 0) is 104 Å². The van der Waals surface area contributed by atoms with E-state index in [0.717, 1.165) is 22.2 Å². The van der Waals surface area contributed by atoms with Gasteiger partial charge in [0.25, 0.3) is 5.56 Å². The second-order valence-corrected chi connectivity index (χ2v) is 10.3. The SMILES string of the molecule is CC(C)N1CCC(c2ccc(-c3ccc4[nH]c(=O)c(-c5ccc(N(C)C)cc5)cc4c3)cc2)CC1. The van der Waals surface area contributed by atoms with Gasteiger partial charge in [0.05, 0.1) is 0 Å². The van der Waals surface area contributed by atoms with Crippen LogP contribution in [0, 0.1) is 0 Å². The maximum atomic E-state index is 12.8. The van der Waals surface area contributed by atoms with Crippen molar-refractivity contribution in [2.75, 3.05) is 32.1 Å². The van der Waals surface area contributed by atoms with Gasteiger partial charge in [-0.1, -0.05) is 42.5 Å². The maximum absolute atomic E-state index is 12.8. The Bertz CT molecular complexity index is 1360. The minimum absolute atomic E-state index is 0.0595. The molecule has 0 spiro atoms. The monoisotopic (exact) mass is 465 g/mol. The fourth-order valence-corrected chi connectivity index (χ4v) is 5.24. The van der Waals surface area contributed by atoms with E-state index in [1.807, 2.05) is 50.5 Å². The van der Waals surface area contributed by atoms with Gasteiger partial charge in [-0.15, -0.1) is 0 Å². The Balaban J connectivity index is 1.40. The summed E-state index contributed by atoms with van der Waals surface area (Å²) >= 11 is 0. The molecule has 1 N–H and O–H groups in total. The number of fused-ring (bicyclic) bond motifs is 1. The van der Waals surface area contributed by atoms with Gasteiger partial charge in [0.2, 0.25) is 0 Å². The summed E-state index contributed by atoms with van der Waals surface area (Å²) in [6, 6.07) is 26.2. The first-order chi connectivity index (χ1) is 16.9. The van der Waals surface area contributed by atoms with E-state index in [9.17, 15) is 4.79 Å². The topological polar surface area (TPSA) is 39.3 Å². The van der Waals surface area contributed by atoms with E-state index >= 15 is 0 Å². The minimum atomic E-state index is -0.0595. The molecule has 4 aromatic rings. The Morgan fingerprint density at radius 3 is 2.09 bits per heavy atom. The second kappa shape index (κ2) is 9.71. The number of H-pyrrole nitrogens is 1. The van der Waals surface area contributed by atoms with Gasteiger partial charge in [0.15, 0.2) is 0 Å². The largest absolute Gasteiger partial charge is 0.378 e. The van der Waals surface area contributed by atoms with Gasteiger partial charge >= 0.3 is 0 Å². The number of aromatic nitrogens is 1. The van der Waals surface area contributed by atoms with Crippen LogP contribution in [0.25, 0.3) is 33.2 Å². The Labute approximate surface area is 208 Å². The predicted molar refractivity (Wildman–Crippen MR) is 148 cm³/mol. The number of piperidine rings is 1. The fourth-order valence-electron chi connectivity index (χ4n) is 5.24. The average Bonchev–Trinajstić information content (AvgIpc) is 2.88. The highest BCUT2D eigenvalue weighted by Crippen LogP contribution is 2.31. The van der Waals surface area contributed by atoms with Crippen molar-refractivity contribution in [3.63, 3.8) is 0 Å². The molecular formula is C31H35N3O. The van der Waals surface area contributed by atoms with Crippen molar-refractivity contribution in [2.24, 2.45) is 0 Å². The van der Waals surface area contributed by atoms with Gasteiger partial charge in [-0.2, -0.15) is 0 Å². The predicted octanol–water partition coefficient (Wildman–Crippen LogP) is 6.52. The second-order valence-electron chi connectivity index (χ2n) is 10.3. The quantitative estimate of drug-likeness (QED) is 0.365. The summed E-state index contributed by atoms with van der Waals surface area (Å²) in [4.78, 5) is 20.5. The molecular weight excluding hydrogens is 430 g/mol. The van der Waals surface area contributed by atoms with Crippen LogP contribution in [0.3, 0.4) is 0 Å². The fraction of sp³-hybridized carbons (Fsp3) is 0.323. The molecule has 0 unspecified atom stereocenters. The summed E-state index contributed by atoms with van der Waals surface area (Å²) in [6.07, 6.45) is 2.47. The van der Waals surface area contributed by atoms with Crippen LogP contribution in [0.4, 0.5) is 5.69 Å². The zero-order chi connectivity index (χ0) is 24.5. The molecule has 4 nitrogen and oxygen atoms in total. The number of hydrogen-bond acceptors (Lipinski definition) is 3. The van der Waals surface area contributed by atoms with Crippen molar-refractivity contribution in [3.05, 3.63) is 88.7 Å². The van der Waals surface area contributed by atoms with E-state index < -0.39 is 0 Å². The van der Waals surface area contributed by atoms with Gasteiger partial charge in [-0.25, -0.2) is 0 Å². The molecule has 3 aromatic carbocycles. The third kappa shape index (κ3) is 4.89. The van der Waals surface area contributed by atoms with Gasteiger partial charge in [0, 0.05) is 36.9 Å². The lowest BCUT2D eigenvalue weighted by molar-refractivity contribution is 0.172. The summed E-state index contributed by atoms with van der Waals surface area (Å²) in [7, 11) is 4.03. The smallest absolute Gasteiger partial charge is 0.256 e. The summed E-state index contributed by atoms with van der Waals surface area (Å²) in [6.45, 7) is 6.95. The number of aromatic amines is 1. The summed E-state index contributed by atoms with van der Waals surface area (Å²) in [5.74, 6) is 0.655. The van der Waals surface area contributed by atoms with Crippen molar-refractivity contribution < 1.29 is 0 Å². The number of nitrogens with zero attached hydrogens (tertiary/aromatic N) is 2. The van der Waals surface area contributed by atoms with Crippen molar-refractivity contribution in [3.8, 4) is 22.3 Å². The molecule has 0 aliphatic carbocycles. The van der Waals surface area contributed by atoms with E-state index in [1.54, 1.807) is 0 Å². The number of hydrogen-bond donors (Lipinski definition) is 1. The highest BCUT2D eigenvalue weighted by atomic mass is 16.1.